The van der Waals surface area contributed by atoms with E-state index in [1.165, 1.54) is 0 Å². The van der Waals surface area contributed by atoms with Gasteiger partial charge in [-0.2, -0.15) is 0 Å². The molecular formula is C8H11BrO2. The standard InChI is InChI=1S/C8H11BrO2/c1-7(2)8(10)11-6-4-3-5-9/h7H,5-6H2,1-2H3. The number of carbonyl (C=O) groups excluding carboxylic acids is 1. The Bertz CT molecular complexity index is 176. The van der Waals surface area contributed by atoms with Gasteiger partial charge in [0.05, 0.1) is 11.2 Å². The summed E-state index contributed by atoms with van der Waals surface area (Å²) in [4.78, 5) is 10.8. The molecule has 2 nitrogen and oxygen atoms in total. The summed E-state index contributed by atoms with van der Waals surface area (Å²) in [5.41, 5.74) is 0. The van der Waals surface area contributed by atoms with E-state index in [9.17, 15) is 4.79 Å². The molecule has 0 atom stereocenters. The molecule has 0 unspecified atom stereocenters. The molecule has 0 spiro atoms. The molecule has 3 heteroatoms. The third kappa shape index (κ3) is 5.93. The maximum atomic E-state index is 10.8. The summed E-state index contributed by atoms with van der Waals surface area (Å²) in [7, 11) is 0. The van der Waals surface area contributed by atoms with Crippen LogP contribution in [0.25, 0.3) is 0 Å². The van der Waals surface area contributed by atoms with Crippen molar-refractivity contribution in [2.75, 3.05) is 11.9 Å². The van der Waals surface area contributed by atoms with Crippen LogP contribution in [-0.2, 0) is 9.53 Å². The average molecular weight is 219 g/mol. The number of ether oxygens (including phenoxy) is 1. The van der Waals surface area contributed by atoms with E-state index in [2.05, 4.69) is 27.8 Å². The molecule has 0 saturated heterocycles. The Morgan fingerprint density at radius 3 is 2.64 bits per heavy atom. The van der Waals surface area contributed by atoms with Gasteiger partial charge in [0.25, 0.3) is 0 Å². The van der Waals surface area contributed by atoms with E-state index >= 15 is 0 Å². The quantitative estimate of drug-likeness (QED) is 0.400. The fourth-order valence-corrected chi connectivity index (χ4v) is 0.570. The molecule has 0 N–H and O–H groups in total. The summed E-state index contributed by atoms with van der Waals surface area (Å²) in [6.07, 6.45) is 0. The van der Waals surface area contributed by atoms with E-state index in [-0.39, 0.29) is 18.5 Å². The van der Waals surface area contributed by atoms with Crippen LogP contribution < -0.4 is 0 Å². The lowest BCUT2D eigenvalue weighted by molar-refractivity contribution is -0.145. The fourth-order valence-electron chi connectivity index (χ4n) is 0.372. The Hall–Kier alpha value is -0.490. The molecule has 0 amide bonds. The molecule has 0 radical (unpaired) electrons. The summed E-state index contributed by atoms with van der Waals surface area (Å²) in [6, 6.07) is 0. The fraction of sp³-hybridized carbons (Fsp3) is 0.625. The van der Waals surface area contributed by atoms with Gasteiger partial charge < -0.3 is 4.74 Å². The molecule has 0 bridgehead atoms. The SMILES string of the molecule is CC(C)C(=O)OCC#CCBr. The second kappa shape index (κ2) is 6.23. The third-order valence-corrected chi connectivity index (χ3v) is 1.23. The van der Waals surface area contributed by atoms with Gasteiger partial charge in [-0.1, -0.05) is 41.6 Å². The lowest BCUT2D eigenvalue weighted by Crippen LogP contribution is -2.11. The normalized spacial score (nSPS) is 8.73. The molecule has 0 aromatic carbocycles. The van der Waals surface area contributed by atoms with Gasteiger partial charge in [0.1, 0.15) is 0 Å². The van der Waals surface area contributed by atoms with Crippen LogP contribution in [0.2, 0.25) is 0 Å². The predicted octanol–water partition coefficient (Wildman–Crippen LogP) is 1.58. The first kappa shape index (κ1) is 10.5. The van der Waals surface area contributed by atoms with Gasteiger partial charge in [0, 0.05) is 0 Å². The maximum absolute atomic E-state index is 10.8. The van der Waals surface area contributed by atoms with Crippen molar-refractivity contribution in [1.29, 1.82) is 0 Å². The first-order chi connectivity index (χ1) is 5.18. The van der Waals surface area contributed by atoms with Crippen LogP contribution >= 0.6 is 15.9 Å². The van der Waals surface area contributed by atoms with E-state index < -0.39 is 0 Å². The van der Waals surface area contributed by atoms with Crippen molar-refractivity contribution in [2.24, 2.45) is 5.92 Å². The highest BCUT2D eigenvalue weighted by molar-refractivity contribution is 9.09. The molecule has 0 rings (SSSR count). The van der Waals surface area contributed by atoms with Crippen molar-refractivity contribution in [3.8, 4) is 11.8 Å². The first-order valence-electron chi connectivity index (χ1n) is 3.36. The first-order valence-corrected chi connectivity index (χ1v) is 4.49. The number of hydrogen-bond donors (Lipinski definition) is 0. The van der Waals surface area contributed by atoms with Crippen LogP contribution in [0.15, 0.2) is 0 Å². The van der Waals surface area contributed by atoms with Gasteiger partial charge in [-0.15, -0.1) is 0 Å². The lowest BCUT2D eigenvalue weighted by atomic mass is 10.2. The monoisotopic (exact) mass is 218 g/mol. The van der Waals surface area contributed by atoms with Gasteiger partial charge in [-0.3, -0.25) is 4.79 Å². The second-order valence-electron chi connectivity index (χ2n) is 2.25. The highest BCUT2D eigenvalue weighted by Gasteiger charge is 2.05. The summed E-state index contributed by atoms with van der Waals surface area (Å²) >= 11 is 3.13. The average Bonchev–Trinajstić information content (AvgIpc) is 1.97. The largest absolute Gasteiger partial charge is 0.452 e. The Kier molecular flexibility index (Phi) is 5.96. The maximum Gasteiger partial charge on any atom is 0.309 e. The second-order valence-corrected chi connectivity index (χ2v) is 2.81. The van der Waals surface area contributed by atoms with Crippen LogP contribution in [0, 0.1) is 17.8 Å². The van der Waals surface area contributed by atoms with Gasteiger partial charge in [0.2, 0.25) is 0 Å². The van der Waals surface area contributed by atoms with Crippen LogP contribution in [0.1, 0.15) is 13.8 Å². The number of carbonyl (C=O) groups is 1. The molecule has 0 heterocycles. The Balaban J connectivity index is 3.47. The Labute approximate surface area is 75.4 Å². The summed E-state index contributed by atoms with van der Waals surface area (Å²) < 4.78 is 4.77. The number of alkyl halides is 1. The minimum atomic E-state index is -0.200. The molecule has 11 heavy (non-hydrogen) atoms. The zero-order valence-electron chi connectivity index (χ0n) is 6.69. The Morgan fingerprint density at radius 1 is 1.55 bits per heavy atom. The van der Waals surface area contributed by atoms with Crippen LogP contribution in [0.4, 0.5) is 0 Å². The lowest BCUT2D eigenvalue weighted by Gasteiger charge is -2.01. The minimum absolute atomic E-state index is 0.0687. The molecule has 0 aromatic heterocycles. The summed E-state index contributed by atoms with van der Waals surface area (Å²) in [6.45, 7) is 3.78. The number of esters is 1. The van der Waals surface area contributed by atoms with Gasteiger partial charge >= 0.3 is 5.97 Å². The van der Waals surface area contributed by atoms with Crippen molar-refractivity contribution < 1.29 is 9.53 Å². The zero-order chi connectivity index (χ0) is 8.69. The van der Waals surface area contributed by atoms with Crippen molar-refractivity contribution in [1.82, 2.24) is 0 Å². The predicted molar refractivity (Wildman–Crippen MR) is 47.4 cm³/mol. The molecular weight excluding hydrogens is 208 g/mol. The van der Waals surface area contributed by atoms with E-state index in [1.807, 2.05) is 0 Å². The minimum Gasteiger partial charge on any atom is -0.452 e. The van der Waals surface area contributed by atoms with Crippen LogP contribution in [0.5, 0.6) is 0 Å². The smallest absolute Gasteiger partial charge is 0.309 e. The highest BCUT2D eigenvalue weighted by atomic mass is 79.9. The molecule has 0 aliphatic heterocycles. The van der Waals surface area contributed by atoms with Gasteiger partial charge in [-0.25, -0.2) is 0 Å². The highest BCUT2D eigenvalue weighted by Crippen LogP contribution is 1.94. The number of hydrogen-bond acceptors (Lipinski definition) is 2. The van der Waals surface area contributed by atoms with Crippen molar-refractivity contribution in [3.05, 3.63) is 0 Å². The topological polar surface area (TPSA) is 26.3 Å². The zero-order valence-corrected chi connectivity index (χ0v) is 8.27. The van der Waals surface area contributed by atoms with Gasteiger partial charge in [0.15, 0.2) is 6.61 Å². The number of halogens is 1. The Morgan fingerprint density at radius 2 is 2.18 bits per heavy atom. The van der Waals surface area contributed by atoms with E-state index in [1.54, 1.807) is 13.8 Å². The molecule has 0 aliphatic carbocycles. The molecule has 0 aromatic rings. The third-order valence-electron chi connectivity index (χ3n) is 0.950. The molecule has 0 saturated carbocycles. The number of rotatable bonds is 2. The molecule has 0 fully saturated rings. The summed E-state index contributed by atoms with van der Waals surface area (Å²) in [5, 5.41) is 0.617. The van der Waals surface area contributed by atoms with Crippen LogP contribution in [0.3, 0.4) is 0 Å². The summed E-state index contributed by atoms with van der Waals surface area (Å²) in [5.74, 6) is 5.14. The van der Waals surface area contributed by atoms with Crippen LogP contribution in [-0.4, -0.2) is 17.9 Å². The van der Waals surface area contributed by atoms with E-state index in [4.69, 9.17) is 4.74 Å². The molecule has 0 aliphatic rings. The van der Waals surface area contributed by atoms with Crippen molar-refractivity contribution in [2.45, 2.75) is 13.8 Å². The van der Waals surface area contributed by atoms with Gasteiger partial charge in [-0.05, 0) is 0 Å². The van der Waals surface area contributed by atoms with Crippen molar-refractivity contribution >= 4 is 21.9 Å². The molecule has 62 valence electrons. The van der Waals surface area contributed by atoms with E-state index in [0.29, 0.717) is 5.33 Å². The van der Waals surface area contributed by atoms with E-state index in [0.717, 1.165) is 0 Å². The van der Waals surface area contributed by atoms with Crippen molar-refractivity contribution in [3.63, 3.8) is 0 Å².